The summed E-state index contributed by atoms with van der Waals surface area (Å²) in [7, 11) is 0. The Morgan fingerprint density at radius 1 is 1.23 bits per heavy atom. The lowest BCUT2D eigenvalue weighted by Crippen LogP contribution is -2.10. The fraction of sp³-hybridized carbons (Fsp3) is 0.200. The third kappa shape index (κ3) is 4.09. The molecule has 2 aromatic carbocycles. The van der Waals surface area contributed by atoms with Gasteiger partial charge in [-0.15, -0.1) is 0 Å². The van der Waals surface area contributed by atoms with Gasteiger partial charge in [0, 0.05) is 10.6 Å². The number of esters is 1. The third-order valence-corrected chi connectivity index (χ3v) is 4.44. The Hall–Kier alpha value is -2.30. The first-order valence-corrected chi connectivity index (χ1v) is 8.97. The molecule has 4 nitrogen and oxygen atoms in total. The van der Waals surface area contributed by atoms with E-state index in [2.05, 4.69) is 4.99 Å². The largest absolute Gasteiger partial charge is 0.490 e. The average Bonchev–Trinajstić information content (AvgIpc) is 2.96. The Labute approximate surface area is 162 Å². The minimum atomic E-state index is -0.538. The summed E-state index contributed by atoms with van der Waals surface area (Å²) in [4.78, 5) is 16.5. The quantitative estimate of drug-likeness (QED) is 0.499. The SMILES string of the molecule is CCC(C)Oc1ccccc1/C=C1\N=C(c2ccc(Cl)cc2Cl)OC1=O. The van der Waals surface area contributed by atoms with Crippen LogP contribution in [0.25, 0.3) is 6.08 Å². The van der Waals surface area contributed by atoms with Crippen molar-refractivity contribution in [2.45, 2.75) is 26.4 Å². The molecule has 0 amide bonds. The first kappa shape index (κ1) is 18.5. The van der Waals surface area contributed by atoms with Crippen molar-refractivity contribution in [3.63, 3.8) is 0 Å². The number of nitrogens with zero attached hydrogens (tertiary/aromatic N) is 1. The lowest BCUT2D eigenvalue weighted by atomic mass is 10.1. The predicted molar refractivity (Wildman–Crippen MR) is 104 cm³/mol. The van der Waals surface area contributed by atoms with Gasteiger partial charge in [-0.3, -0.25) is 0 Å². The number of ether oxygens (including phenoxy) is 2. The van der Waals surface area contributed by atoms with E-state index in [1.54, 1.807) is 24.3 Å². The van der Waals surface area contributed by atoms with Crippen LogP contribution < -0.4 is 4.74 Å². The van der Waals surface area contributed by atoms with Crippen LogP contribution in [0.15, 0.2) is 53.2 Å². The summed E-state index contributed by atoms with van der Waals surface area (Å²) in [5.41, 5.74) is 1.45. The van der Waals surface area contributed by atoms with Gasteiger partial charge < -0.3 is 9.47 Å². The summed E-state index contributed by atoms with van der Waals surface area (Å²) < 4.78 is 11.2. The second-order valence-corrected chi connectivity index (χ2v) is 6.68. The molecule has 0 saturated carbocycles. The van der Waals surface area contributed by atoms with E-state index in [0.29, 0.717) is 21.4 Å². The minimum Gasteiger partial charge on any atom is -0.490 e. The fourth-order valence-electron chi connectivity index (χ4n) is 2.34. The molecule has 0 N–H and O–H groups in total. The Morgan fingerprint density at radius 3 is 2.73 bits per heavy atom. The standard InChI is InChI=1S/C20H17Cl2NO3/c1-3-12(2)25-18-7-5-4-6-13(18)10-17-20(24)26-19(23-17)15-9-8-14(21)11-16(15)22/h4-12H,3H2,1-2H3/b17-10-. The van der Waals surface area contributed by atoms with Gasteiger partial charge in [-0.25, -0.2) is 9.79 Å². The van der Waals surface area contributed by atoms with E-state index in [-0.39, 0.29) is 17.7 Å². The average molecular weight is 390 g/mol. The maximum absolute atomic E-state index is 12.2. The van der Waals surface area contributed by atoms with E-state index < -0.39 is 5.97 Å². The van der Waals surface area contributed by atoms with Crippen LogP contribution in [0.1, 0.15) is 31.4 Å². The molecule has 0 aromatic heterocycles. The highest BCUT2D eigenvalue weighted by molar-refractivity contribution is 6.37. The molecule has 2 aromatic rings. The number of para-hydroxylation sites is 1. The minimum absolute atomic E-state index is 0.0667. The summed E-state index contributed by atoms with van der Waals surface area (Å²) >= 11 is 12.1. The molecule has 3 rings (SSSR count). The molecule has 0 spiro atoms. The van der Waals surface area contributed by atoms with Gasteiger partial charge in [-0.2, -0.15) is 0 Å². The van der Waals surface area contributed by atoms with Crippen LogP contribution in [0.5, 0.6) is 5.75 Å². The van der Waals surface area contributed by atoms with Gasteiger partial charge in [0.2, 0.25) is 5.90 Å². The monoisotopic (exact) mass is 389 g/mol. The highest BCUT2D eigenvalue weighted by atomic mass is 35.5. The van der Waals surface area contributed by atoms with E-state index in [4.69, 9.17) is 32.7 Å². The van der Waals surface area contributed by atoms with Crippen LogP contribution in [-0.4, -0.2) is 18.0 Å². The van der Waals surface area contributed by atoms with Gasteiger partial charge in [-0.1, -0.05) is 48.3 Å². The lowest BCUT2D eigenvalue weighted by Gasteiger charge is -2.14. The van der Waals surface area contributed by atoms with Crippen molar-refractivity contribution in [3.05, 3.63) is 69.3 Å². The maximum Gasteiger partial charge on any atom is 0.363 e. The number of benzene rings is 2. The number of rotatable bonds is 5. The zero-order chi connectivity index (χ0) is 18.7. The van der Waals surface area contributed by atoms with Crippen molar-refractivity contribution in [2.75, 3.05) is 0 Å². The van der Waals surface area contributed by atoms with E-state index >= 15 is 0 Å². The zero-order valence-electron chi connectivity index (χ0n) is 14.3. The molecule has 1 unspecified atom stereocenters. The molecular formula is C20H17Cl2NO3. The van der Waals surface area contributed by atoms with Crippen LogP contribution in [-0.2, 0) is 9.53 Å². The zero-order valence-corrected chi connectivity index (χ0v) is 15.8. The van der Waals surface area contributed by atoms with Gasteiger partial charge in [0.15, 0.2) is 5.70 Å². The molecule has 1 aliphatic heterocycles. The van der Waals surface area contributed by atoms with Crippen molar-refractivity contribution in [1.29, 1.82) is 0 Å². The molecule has 0 aliphatic carbocycles. The van der Waals surface area contributed by atoms with E-state index in [9.17, 15) is 4.79 Å². The molecule has 0 radical (unpaired) electrons. The predicted octanol–water partition coefficient (Wildman–Crippen LogP) is 5.52. The Bertz CT molecular complexity index is 906. The Morgan fingerprint density at radius 2 is 2.00 bits per heavy atom. The molecule has 0 fully saturated rings. The molecule has 1 heterocycles. The number of cyclic esters (lactones) is 1. The molecule has 6 heteroatoms. The normalized spacial score (nSPS) is 16.4. The van der Waals surface area contributed by atoms with Crippen molar-refractivity contribution in [1.82, 2.24) is 0 Å². The van der Waals surface area contributed by atoms with Gasteiger partial charge in [-0.05, 0) is 43.7 Å². The number of halogens is 2. The molecule has 1 aliphatic rings. The Balaban J connectivity index is 1.94. The fourth-order valence-corrected chi connectivity index (χ4v) is 2.83. The summed E-state index contributed by atoms with van der Waals surface area (Å²) in [6.07, 6.45) is 2.60. The topological polar surface area (TPSA) is 47.9 Å². The molecule has 0 bridgehead atoms. The van der Waals surface area contributed by atoms with Crippen molar-refractivity contribution < 1.29 is 14.3 Å². The number of carbonyl (C=O) groups is 1. The lowest BCUT2D eigenvalue weighted by molar-refractivity contribution is -0.129. The first-order chi connectivity index (χ1) is 12.5. The van der Waals surface area contributed by atoms with Gasteiger partial charge >= 0.3 is 5.97 Å². The highest BCUT2D eigenvalue weighted by Crippen LogP contribution is 2.28. The molecule has 1 atom stereocenters. The molecular weight excluding hydrogens is 373 g/mol. The van der Waals surface area contributed by atoms with Gasteiger partial charge in [0.1, 0.15) is 5.75 Å². The van der Waals surface area contributed by atoms with Gasteiger partial charge in [0.25, 0.3) is 0 Å². The molecule has 0 saturated heterocycles. The van der Waals surface area contributed by atoms with Crippen molar-refractivity contribution >= 4 is 41.1 Å². The van der Waals surface area contributed by atoms with Crippen LogP contribution in [0.4, 0.5) is 0 Å². The van der Waals surface area contributed by atoms with E-state index in [1.165, 1.54) is 0 Å². The summed E-state index contributed by atoms with van der Waals surface area (Å²) in [5, 5.41) is 0.862. The van der Waals surface area contributed by atoms with Crippen LogP contribution >= 0.6 is 23.2 Å². The smallest absolute Gasteiger partial charge is 0.363 e. The van der Waals surface area contributed by atoms with Crippen LogP contribution in [0.2, 0.25) is 10.0 Å². The third-order valence-electron chi connectivity index (χ3n) is 3.90. The van der Waals surface area contributed by atoms with E-state index in [0.717, 1.165) is 12.0 Å². The first-order valence-electron chi connectivity index (χ1n) is 8.21. The van der Waals surface area contributed by atoms with E-state index in [1.807, 2.05) is 38.1 Å². The second-order valence-electron chi connectivity index (χ2n) is 5.83. The van der Waals surface area contributed by atoms with Crippen LogP contribution in [0.3, 0.4) is 0 Å². The second kappa shape index (κ2) is 7.94. The van der Waals surface area contributed by atoms with Gasteiger partial charge in [0.05, 0.1) is 16.7 Å². The van der Waals surface area contributed by atoms with Crippen LogP contribution in [0, 0.1) is 0 Å². The highest BCUT2D eigenvalue weighted by Gasteiger charge is 2.26. The van der Waals surface area contributed by atoms with Crippen molar-refractivity contribution in [3.8, 4) is 5.75 Å². The van der Waals surface area contributed by atoms with Crippen molar-refractivity contribution in [2.24, 2.45) is 4.99 Å². The number of aliphatic imine (C=N–C) groups is 1. The number of hydrogen-bond donors (Lipinski definition) is 0. The summed E-state index contributed by atoms with van der Waals surface area (Å²) in [5.74, 6) is 0.308. The number of hydrogen-bond acceptors (Lipinski definition) is 4. The summed E-state index contributed by atoms with van der Waals surface area (Å²) in [6.45, 7) is 4.04. The molecule has 26 heavy (non-hydrogen) atoms. The maximum atomic E-state index is 12.2. The molecule has 134 valence electrons. The number of carbonyl (C=O) groups excluding carboxylic acids is 1. The summed E-state index contributed by atoms with van der Waals surface area (Å²) in [6, 6.07) is 12.4. The Kier molecular flexibility index (Phi) is 5.64.